The van der Waals surface area contributed by atoms with E-state index < -0.39 is 0 Å². The van der Waals surface area contributed by atoms with E-state index in [0.29, 0.717) is 5.41 Å². The Kier molecular flexibility index (Phi) is 5.43. The Morgan fingerprint density at radius 1 is 1.19 bits per heavy atom. The molecule has 0 unspecified atom stereocenters. The zero-order valence-corrected chi connectivity index (χ0v) is 13.8. The maximum absolute atomic E-state index is 5.09. The molecular weight excluding hydrogens is 260 g/mol. The largest absolute Gasteiger partial charge is 0.383 e. The predicted octanol–water partition coefficient (Wildman–Crippen LogP) is 3.81. The van der Waals surface area contributed by atoms with Crippen LogP contribution >= 0.6 is 0 Å². The van der Waals surface area contributed by atoms with E-state index in [-0.39, 0.29) is 0 Å². The third kappa shape index (κ3) is 4.58. The zero-order chi connectivity index (χ0) is 15.3. The minimum atomic E-state index is 0.353. The first-order valence-electron chi connectivity index (χ1n) is 7.78. The highest BCUT2D eigenvalue weighted by atomic mass is 16.5. The quantitative estimate of drug-likeness (QED) is 0.784. The topological polar surface area (TPSA) is 26.2 Å². The molecule has 2 rings (SSSR count). The number of methoxy groups -OCH3 is 1. The van der Waals surface area contributed by atoms with Crippen LogP contribution in [-0.4, -0.2) is 24.8 Å². The number of hydrogen-bond donors (Lipinski definition) is 1. The molecule has 0 saturated carbocycles. The lowest BCUT2D eigenvalue weighted by Gasteiger charge is -2.20. The van der Waals surface area contributed by atoms with Gasteiger partial charge in [0, 0.05) is 38.0 Å². The Labute approximate surface area is 128 Å². The molecule has 3 nitrogen and oxygen atoms in total. The van der Waals surface area contributed by atoms with Gasteiger partial charge in [0.2, 0.25) is 0 Å². The van der Waals surface area contributed by atoms with E-state index in [1.165, 1.54) is 23.0 Å². The van der Waals surface area contributed by atoms with E-state index in [1.807, 2.05) is 0 Å². The molecule has 0 saturated heterocycles. The van der Waals surface area contributed by atoms with Crippen LogP contribution in [0.4, 0.5) is 0 Å². The molecule has 2 aromatic rings. The average Bonchev–Trinajstić information content (AvgIpc) is 2.78. The molecule has 0 bridgehead atoms. The van der Waals surface area contributed by atoms with Gasteiger partial charge >= 0.3 is 0 Å². The summed E-state index contributed by atoms with van der Waals surface area (Å²) in [6.45, 7) is 10.5. The van der Waals surface area contributed by atoms with Crippen molar-refractivity contribution in [1.29, 1.82) is 0 Å². The second-order valence-corrected chi connectivity index (χ2v) is 6.83. The Balaban J connectivity index is 2.17. The molecule has 0 spiro atoms. The van der Waals surface area contributed by atoms with Gasteiger partial charge in [-0.1, -0.05) is 39.0 Å². The monoisotopic (exact) mass is 288 g/mol. The Hall–Kier alpha value is -1.32. The number of nitrogens with zero attached hydrogens (tertiary/aromatic N) is 1. The Bertz CT molecular complexity index is 566. The van der Waals surface area contributed by atoms with Crippen molar-refractivity contribution in [2.45, 2.75) is 40.3 Å². The van der Waals surface area contributed by atoms with E-state index in [0.717, 1.165) is 26.2 Å². The molecule has 0 radical (unpaired) electrons. The van der Waals surface area contributed by atoms with Crippen LogP contribution < -0.4 is 5.32 Å². The lowest BCUT2D eigenvalue weighted by Crippen LogP contribution is -2.21. The summed E-state index contributed by atoms with van der Waals surface area (Å²) in [6, 6.07) is 11.0. The van der Waals surface area contributed by atoms with E-state index in [4.69, 9.17) is 4.74 Å². The van der Waals surface area contributed by atoms with Gasteiger partial charge in [-0.05, 0) is 29.4 Å². The smallest absolute Gasteiger partial charge is 0.0587 e. The maximum atomic E-state index is 5.09. The van der Waals surface area contributed by atoms with Gasteiger partial charge in [0.15, 0.2) is 0 Å². The van der Waals surface area contributed by atoms with Crippen molar-refractivity contribution in [3.63, 3.8) is 0 Å². The van der Waals surface area contributed by atoms with Gasteiger partial charge in [-0.3, -0.25) is 0 Å². The predicted molar refractivity (Wildman–Crippen MR) is 89.6 cm³/mol. The molecule has 116 valence electrons. The lowest BCUT2D eigenvalue weighted by atomic mass is 9.92. The molecule has 0 amide bonds. The number of hydrogen-bond acceptors (Lipinski definition) is 2. The second kappa shape index (κ2) is 7.10. The first-order chi connectivity index (χ1) is 10.0. The molecule has 0 aliphatic heterocycles. The van der Waals surface area contributed by atoms with Crippen LogP contribution in [-0.2, 0) is 17.8 Å². The van der Waals surface area contributed by atoms with Gasteiger partial charge in [-0.15, -0.1) is 0 Å². The highest BCUT2D eigenvalue weighted by Gasteiger charge is 2.13. The summed E-state index contributed by atoms with van der Waals surface area (Å²) in [7, 11) is 1.74. The Morgan fingerprint density at radius 2 is 1.95 bits per heavy atom. The molecule has 1 heterocycles. The average molecular weight is 288 g/mol. The second-order valence-electron chi connectivity index (χ2n) is 6.83. The van der Waals surface area contributed by atoms with Gasteiger partial charge in [0.05, 0.1) is 6.61 Å². The summed E-state index contributed by atoms with van der Waals surface area (Å²) in [4.78, 5) is 0. The zero-order valence-electron chi connectivity index (χ0n) is 13.8. The summed E-state index contributed by atoms with van der Waals surface area (Å²) in [6.07, 6.45) is 1.18. The fraction of sp³-hybridized carbons (Fsp3) is 0.556. The van der Waals surface area contributed by atoms with E-state index >= 15 is 0 Å². The maximum Gasteiger partial charge on any atom is 0.0587 e. The number of nitrogens with one attached hydrogen (secondary N) is 1. The van der Waals surface area contributed by atoms with Gasteiger partial charge in [-0.25, -0.2) is 0 Å². The minimum absolute atomic E-state index is 0.353. The minimum Gasteiger partial charge on any atom is -0.383 e. The van der Waals surface area contributed by atoms with Crippen LogP contribution in [0.5, 0.6) is 0 Å². The van der Waals surface area contributed by atoms with Gasteiger partial charge in [0.1, 0.15) is 0 Å². The molecule has 0 aliphatic rings. The summed E-state index contributed by atoms with van der Waals surface area (Å²) in [5, 5.41) is 4.78. The SMILES string of the molecule is COCCNCc1cc2ccccc2n1CCC(C)(C)C. The van der Waals surface area contributed by atoms with Crippen molar-refractivity contribution < 1.29 is 4.74 Å². The van der Waals surface area contributed by atoms with E-state index in [2.05, 4.69) is 61.0 Å². The first kappa shape index (κ1) is 16.1. The molecule has 0 fully saturated rings. The number of rotatable bonds is 7. The number of fused-ring (bicyclic) bond motifs is 1. The van der Waals surface area contributed by atoms with Crippen LogP contribution in [0.2, 0.25) is 0 Å². The number of para-hydroxylation sites is 1. The summed E-state index contributed by atoms with van der Waals surface area (Å²) in [5.74, 6) is 0. The summed E-state index contributed by atoms with van der Waals surface area (Å²) in [5.41, 5.74) is 3.05. The van der Waals surface area contributed by atoms with Crippen LogP contribution in [0, 0.1) is 5.41 Å². The Morgan fingerprint density at radius 3 is 2.67 bits per heavy atom. The van der Waals surface area contributed by atoms with Crippen molar-refractivity contribution in [2.75, 3.05) is 20.3 Å². The first-order valence-corrected chi connectivity index (χ1v) is 7.78. The fourth-order valence-corrected chi connectivity index (χ4v) is 2.52. The van der Waals surface area contributed by atoms with Gasteiger partial charge in [0.25, 0.3) is 0 Å². The highest BCUT2D eigenvalue weighted by molar-refractivity contribution is 5.81. The van der Waals surface area contributed by atoms with Crippen molar-refractivity contribution >= 4 is 10.9 Å². The van der Waals surface area contributed by atoms with E-state index in [1.54, 1.807) is 7.11 Å². The van der Waals surface area contributed by atoms with Gasteiger partial charge < -0.3 is 14.6 Å². The van der Waals surface area contributed by atoms with Crippen LogP contribution in [0.1, 0.15) is 32.9 Å². The third-order valence-corrected chi connectivity index (χ3v) is 3.77. The molecule has 21 heavy (non-hydrogen) atoms. The van der Waals surface area contributed by atoms with Crippen molar-refractivity contribution in [1.82, 2.24) is 9.88 Å². The lowest BCUT2D eigenvalue weighted by molar-refractivity contribution is 0.199. The number of benzene rings is 1. The summed E-state index contributed by atoms with van der Waals surface area (Å²) >= 11 is 0. The molecule has 0 atom stereocenters. The number of ether oxygens (including phenoxy) is 1. The standard InChI is InChI=1S/C18H28N2O/c1-18(2,3)9-11-20-16(14-19-10-12-21-4)13-15-7-5-6-8-17(15)20/h5-8,13,19H,9-12,14H2,1-4H3. The van der Waals surface area contributed by atoms with Crippen LogP contribution in [0.25, 0.3) is 10.9 Å². The van der Waals surface area contributed by atoms with Crippen LogP contribution in [0.3, 0.4) is 0 Å². The fourth-order valence-electron chi connectivity index (χ4n) is 2.52. The highest BCUT2D eigenvalue weighted by Crippen LogP contribution is 2.24. The van der Waals surface area contributed by atoms with E-state index in [9.17, 15) is 0 Å². The number of aryl methyl sites for hydroxylation is 1. The van der Waals surface area contributed by atoms with Crippen LogP contribution in [0.15, 0.2) is 30.3 Å². The normalized spacial score (nSPS) is 12.2. The molecule has 1 aromatic carbocycles. The van der Waals surface area contributed by atoms with Gasteiger partial charge in [-0.2, -0.15) is 0 Å². The molecule has 1 N–H and O–H groups in total. The summed E-state index contributed by atoms with van der Waals surface area (Å²) < 4.78 is 7.55. The molecular formula is C18H28N2O. The van der Waals surface area contributed by atoms with Crippen molar-refractivity contribution in [3.05, 3.63) is 36.0 Å². The molecule has 1 aromatic heterocycles. The third-order valence-electron chi connectivity index (χ3n) is 3.77. The number of aromatic nitrogens is 1. The van der Waals surface area contributed by atoms with Crippen molar-refractivity contribution in [3.8, 4) is 0 Å². The molecule has 0 aliphatic carbocycles. The molecule has 3 heteroatoms. The van der Waals surface area contributed by atoms with Crippen molar-refractivity contribution in [2.24, 2.45) is 5.41 Å².